The van der Waals surface area contributed by atoms with Crippen molar-refractivity contribution in [1.29, 1.82) is 0 Å². The van der Waals surface area contributed by atoms with Crippen LogP contribution in [0.1, 0.15) is 12.0 Å². The molecule has 0 bridgehead atoms. The Kier molecular flexibility index (Phi) is 10.1. The Bertz CT molecular complexity index is 488. The molecular formula is C13H15Cl4N3-2. The minimum Gasteiger partial charge on any atom is -1.00 e. The number of benzene rings is 1. The lowest BCUT2D eigenvalue weighted by atomic mass is 10.2. The van der Waals surface area contributed by atoms with Crippen molar-refractivity contribution in [2.45, 2.75) is 19.5 Å². The summed E-state index contributed by atoms with van der Waals surface area (Å²) in [5.74, 6) is 0. The number of hydrogen-bond acceptors (Lipinski definition) is 2. The standard InChI is InChI=1S/C13H15Cl2N3.2ClH/c14-12-4-1-3-11(13(12)15)9-16-5-2-7-18-8-6-17-10-18;;/h1,3-4,6,8,10,16H,2,5,7,9H2;2*1H/p-2. The molecule has 0 atom stereocenters. The van der Waals surface area contributed by atoms with Crippen LogP contribution in [0.3, 0.4) is 0 Å². The second kappa shape index (κ2) is 10.3. The van der Waals surface area contributed by atoms with Crippen LogP contribution in [0.25, 0.3) is 0 Å². The Hall–Kier alpha value is -0.450. The number of nitrogens with one attached hydrogen (secondary N) is 1. The van der Waals surface area contributed by atoms with E-state index in [0.29, 0.717) is 10.0 Å². The molecule has 2 rings (SSSR count). The minimum atomic E-state index is 0. The zero-order valence-electron chi connectivity index (χ0n) is 10.7. The van der Waals surface area contributed by atoms with Gasteiger partial charge in [-0.25, -0.2) is 4.98 Å². The van der Waals surface area contributed by atoms with Crippen molar-refractivity contribution >= 4 is 23.2 Å². The maximum atomic E-state index is 6.10. The lowest BCUT2D eigenvalue weighted by Crippen LogP contribution is -3.00. The van der Waals surface area contributed by atoms with Gasteiger partial charge in [0.1, 0.15) is 0 Å². The first kappa shape index (κ1) is 19.6. The molecular weight excluding hydrogens is 340 g/mol. The van der Waals surface area contributed by atoms with Gasteiger partial charge in [-0.3, -0.25) is 0 Å². The van der Waals surface area contributed by atoms with E-state index in [1.165, 1.54) is 0 Å². The van der Waals surface area contributed by atoms with Crippen LogP contribution in [-0.2, 0) is 13.1 Å². The molecule has 0 fully saturated rings. The van der Waals surface area contributed by atoms with Crippen LogP contribution in [0.4, 0.5) is 0 Å². The van der Waals surface area contributed by atoms with Crippen molar-refractivity contribution in [1.82, 2.24) is 14.9 Å². The Balaban J connectivity index is 0.00000180. The number of nitrogens with zero attached hydrogens (tertiary/aromatic N) is 2. The van der Waals surface area contributed by atoms with Crippen LogP contribution in [-0.4, -0.2) is 16.1 Å². The molecule has 1 aromatic heterocycles. The summed E-state index contributed by atoms with van der Waals surface area (Å²) in [5, 5.41) is 4.60. The van der Waals surface area contributed by atoms with Crippen molar-refractivity contribution in [3.63, 3.8) is 0 Å². The molecule has 0 unspecified atom stereocenters. The molecule has 0 aliphatic heterocycles. The average Bonchev–Trinajstić information content (AvgIpc) is 2.87. The predicted octanol–water partition coefficient (Wildman–Crippen LogP) is -2.62. The molecule has 0 radical (unpaired) electrons. The van der Waals surface area contributed by atoms with E-state index in [4.69, 9.17) is 23.2 Å². The van der Waals surface area contributed by atoms with E-state index in [-0.39, 0.29) is 24.8 Å². The molecule has 7 heteroatoms. The molecule has 20 heavy (non-hydrogen) atoms. The Labute approximate surface area is 141 Å². The van der Waals surface area contributed by atoms with Gasteiger partial charge >= 0.3 is 0 Å². The number of hydrogen-bond donors (Lipinski definition) is 1. The largest absolute Gasteiger partial charge is 1.00 e. The van der Waals surface area contributed by atoms with Crippen molar-refractivity contribution in [2.24, 2.45) is 0 Å². The van der Waals surface area contributed by atoms with Crippen LogP contribution < -0.4 is 30.1 Å². The highest BCUT2D eigenvalue weighted by Crippen LogP contribution is 2.25. The molecule has 3 nitrogen and oxygen atoms in total. The average molecular weight is 355 g/mol. The lowest BCUT2D eigenvalue weighted by Gasteiger charge is -2.08. The highest BCUT2D eigenvalue weighted by molar-refractivity contribution is 6.42. The van der Waals surface area contributed by atoms with Gasteiger partial charge in [-0.2, -0.15) is 0 Å². The first-order valence-electron chi connectivity index (χ1n) is 5.86. The van der Waals surface area contributed by atoms with E-state index in [0.717, 1.165) is 31.6 Å². The molecule has 0 saturated heterocycles. The summed E-state index contributed by atoms with van der Waals surface area (Å²) < 4.78 is 2.06. The first-order valence-corrected chi connectivity index (χ1v) is 6.62. The fourth-order valence-corrected chi connectivity index (χ4v) is 2.10. The summed E-state index contributed by atoms with van der Waals surface area (Å²) in [7, 11) is 0. The van der Waals surface area contributed by atoms with E-state index in [1.807, 2.05) is 24.7 Å². The van der Waals surface area contributed by atoms with Crippen LogP contribution in [0, 0.1) is 0 Å². The smallest absolute Gasteiger partial charge is 0.0945 e. The Morgan fingerprint density at radius 3 is 2.70 bits per heavy atom. The van der Waals surface area contributed by atoms with Gasteiger partial charge in [0.05, 0.1) is 16.4 Å². The minimum absolute atomic E-state index is 0. The summed E-state index contributed by atoms with van der Waals surface area (Å²) in [6, 6.07) is 5.69. The van der Waals surface area contributed by atoms with Gasteiger partial charge in [-0.1, -0.05) is 35.3 Å². The van der Waals surface area contributed by atoms with E-state index >= 15 is 0 Å². The fraction of sp³-hybridized carbons (Fsp3) is 0.308. The third kappa shape index (κ3) is 5.90. The quantitative estimate of drug-likeness (QED) is 0.576. The zero-order chi connectivity index (χ0) is 12.8. The number of rotatable bonds is 6. The molecule has 2 aromatic rings. The maximum Gasteiger partial charge on any atom is 0.0945 e. The van der Waals surface area contributed by atoms with Gasteiger partial charge in [0.15, 0.2) is 0 Å². The van der Waals surface area contributed by atoms with E-state index in [2.05, 4.69) is 14.9 Å². The molecule has 0 saturated carbocycles. The van der Waals surface area contributed by atoms with Crippen molar-refractivity contribution < 1.29 is 24.8 Å². The Morgan fingerprint density at radius 1 is 1.20 bits per heavy atom. The first-order chi connectivity index (χ1) is 8.77. The molecule has 0 aliphatic carbocycles. The number of imidazole rings is 1. The summed E-state index contributed by atoms with van der Waals surface area (Å²) in [4.78, 5) is 4.00. The number of halogens is 4. The van der Waals surface area contributed by atoms with Crippen molar-refractivity contribution in [2.75, 3.05) is 6.54 Å². The third-order valence-electron chi connectivity index (χ3n) is 2.68. The van der Waals surface area contributed by atoms with Crippen molar-refractivity contribution in [3.8, 4) is 0 Å². The zero-order valence-corrected chi connectivity index (χ0v) is 13.7. The van der Waals surface area contributed by atoms with E-state index in [9.17, 15) is 0 Å². The van der Waals surface area contributed by atoms with E-state index < -0.39 is 0 Å². The molecule has 0 aliphatic rings. The van der Waals surface area contributed by atoms with Crippen LogP contribution in [0.15, 0.2) is 36.9 Å². The van der Waals surface area contributed by atoms with Gasteiger partial charge in [0, 0.05) is 25.5 Å². The van der Waals surface area contributed by atoms with Crippen LogP contribution >= 0.6 is 23.2 Å². The van der Waals surface area contributed by atoms with Gasteiger partial charge in [-0.15, -0.1) is 0 Å². The summed E-state index contributed by atoms with van der Waals surface area (Å²) in [6.07, 6.45) is 6.63. The molecule has 0 spiro atoms. The number of aryl methyl sites for hydroxylation is 1. The highest BCUT2D eigenvalue weighted by atomic mass is 35.5. The molecule has 1 aromatic carbocycles. The Morgan fingerprint density at radius 2 is 2.00 bits per heavy atom. The lowest BCUT2D eigenvalue weighted by molar-refractivity contribution is -0.00100. The highest BCUT2D eigenvalue weighted by Gasteiger charge is 2.03. The van der Waals surface area contributed by atoms with Gasteiger partial charge < -0.3 is 34.7 Å². The molecule has 1 heterocycles. The van der Waals surface area contributed by atoms with Gasteiger partial charge in [0.25, 0.3) is 0 Å². The molecule has 112 valence electrons. The topological polar surface area (TPSA) is 29.9 Å². The second-order valence-electron chi connectivity index (χ2n) is 4.04. The van der Waals surface area contributed by atoms with Crippen LogP contribution in [0.5, 0.6) is 0 Å². The third-order valence-corrected chi connectivity index (χ3v) is 3.53. The maximum absolute atomic E-state index is 6.10. The monoisotopic (exact) mass is 353 g/mol. The SMILES string of the molecule is Clc1cccc(CNCCCn2ccnc2)c1Cl.[Cl-].[Cl-]. The van der Waals surface area contributed by atoms with Gasteiger partial charge in [0.2, 0.25) is 0 Å². The fourth-order valence-electron chi connectivity index (χ4n) is 1.71. The number of aromatic nitrogens is 2. The van der Waals surface area contributed by atoms with Gasteiger partial charge in [-0.05, 0) is 24.6 Å². The second-order valence-corrected chi connectivity index (χ2v) is 4.83. The summed E-state index contributed by atoms with van der Waals surface area (Å²) >= 11 is 12.1. The molecule has 1 N–H and O–H groups in total. The summed E-state index contributed by atoms with van der Waals surface area (Å²) in [6.45, 7) is 2.64. The van der Waals surface area contributed by atoms with Crippen LogP contribution in [0.2, 0.25) is 10.0 Å². The van der Waals surface area contributed by atoms with E-state index in [1.54, 1.807) is 12.3 Å². The summed E-state index contributed by atoms with van der Waals surface area (Å²) in [5.41, 5.74) is 1.03. The molecule has 0 amide bonds. The predicted molar refractivity (Wildman–Crippen MR) is 75.0 cm³/mol. The normalized spacial score (nSPS) is 9.70. The van der Waals surface area contributed by atoms with Crippen molar-refractivity contribution in [3.05, 3.63) is 52.5 Å².